The molecule has 1 amide bonds. The standard InChI is InChI=1S/C17H28N2O/c1-13(2)11-17(3,4)12-19-16(20)10-9-14-7-5-6-8-15(14)18/h5-8,13H,9-12,18H2,1-4H3,(H,19,20). The maximum absolute atomic E-state index is 11.9. The summed E-state index contributed by atoms with van der Waals surface area (Å²) >= 11 is 0. The van der Waals surface area contributed by atoms with E-state index in [1.165, 1.54) is 0 Å². The van der Waals surface area contributed by atoms with Crippen LogP contribution in [0.1, 0.15) is 46.1 Å². The number of anilines is 1. The highest BCUT2D eigenvalue weighted by molar-refractivity contribution is 5.76. The van der Waals surface area contributed by atoms with Crippen molar-refractivity contribution in [3.05, 3.63) is 29.8 Å². The number of nitrogens with one attached hydrogen (secondary N) is 1. The van der Waals surface area contributed by atoms with Gasteiger partial charge >= 0.3 is 0 Å². The molecule has 1 rings (SSSR count). The number of hydrogen-bond acceptors (Lipinski definition) is 2. The Balaban J connectivity index is 2.36. The van der Waals surface area contributed by atoms with Crippen molar-refractivity contribution in [3.63, 3.8) is 0 Å². The van der Waals surface area contributed by atoms with Gasteiger partial charge < -0.3 is 11.1 Å². The van der Waals surface area contributed by atoms with Crippen molar-refractivity contribution in [1.29, 1.82) is 0 Å². The van der Waals surface area contributed by atoms with Gasteiger partial charge in [-0.15, -0.1) is 0 Å². The third kappa shape index (κ3) is 6.09. The van der Waals surface area contributed by atoms with E-state index in [4.69, 9.17) is 5.73 Å². The first kappa shape index (κ1) is 16.5. The molecule has 0 spiro atoms. The van der Waals surface area contributed by atoms with Crippen LogP contribution in [-0.4, -0.2) is 12.5 Å². The van der Waals surface area contributed by atoms with Crippen LogP contribution in [0.5, 0.6) is 0 Å². The number of hydrogen-bond donors (Lipinski definition) is 2. The van der Waals surface area contributed by atoms with Crippen LogP contribution in [-0.2, 0) is 11.2 Å². The summed E-state index contributed by atoms with van der Waals surface area (Å²) in [5, 5.41) is 3.04. The monoisotopic (exact) mass is 276 g/mol. The minimum Gasteiger partial charge on any atom is -0.399 e. The lowest BCUT2D eigenvalue weighted by atomic mass is 9.84. The van der Waals surface area contributed by atoms with Gasteiger partial charge in [-0.1, -0.05) is 45.9 Å². The van der Waals surface area contributed by atoms with Crippen LogP contribution in [0.3, 0.4) is 0 Å². The number of para-hydroxylation sites is 1. The van der Waals surface area contributed by atoms with Crippen LogP contribution in [0.4, 0.5) is 5.69 Å². The third-order valence-corrected chi connectivity index (χ3v) is 3.40. The van der Waals surface area contributed by atoms with Crippen molar-refractivity contribution < 1.29 is 4.79 Å². The molecule has 112 valence electrons. The Morgan fingerprint density at radius 1 is 1.30 bits per heavy atom. The fraction of sp³-hybridized carbons (Fsp3) is 0.588. The zero-order chi connectivity index (χ0) is 15.2. The quantitative estimate of drug-likeness (QED) is 0.750. The van der Waals surface area contributed by atoms with Crippen LogP contribution >= 0.6 is 0 Å². The van der Waals surface area contributed by atoms with Crippen molar-refractivity contribution in [2.75, 3.05) is 12.3 Å². The summed E-state index contributed by atoms with van der Waals surface area (Å²) in [7, 11) is 0. The summed E-state index contributed by atoms with van der Waals surface area (Å²) in [6, 6.07) is 7.72. The molecule has 3 nitrogen and oxygen atoms in total. The molecular formula is C17H28N2O. The number of benzene rings is 1. The van der Waals surface area contributed by atoms with E-state index in [2.05, 4.69) is 33.0 Å². The minimum absolute atomic E-state index is 0.102. The summed E-state index contributed by atoms with van der Waals surface area (Å²) in [5.41, 5.74) is 7.83. The van der Waals surface area contributed by atoms with Gasteiger partial charge in [-0.3, -0.25) is 4.79 Å². The molecule has 3 heteroatoms. The van der Waals surface area contributed by atoms with Gasteiger partial charge in [0, 0.05) is 18.7 Å². The normalized spacial score (nSPS) is 11.7. The second-order valence-electron chi connectivity index (χ2n) is 6.74. The summed E-state index contributed by atoms with van der Waals surface area (Å²) in [6.07, 6.45) is 2.30. The van der Waals surface area contributed by atoms with E-state index < -0.39 is 0 Å². The van der Waals surface area contributed by atoms with E-state index in [0.29, 0.717) is 18.8 Å². The SMILES string of the molecule is CC(C)CC(C)(C)CNC(=O)CCc1ccccc1N. The third-order valence-electron chi connectivity index (χ3n) is 3.40. The van der Waals surface area contributed by atoms with Gasteiger partial charge in [-0.25, -0.2) is 0 Å². The van der Waals surface area contributed by atoms with Gasteiger partial charge in [0.25, 0.3) is 0 Å². The molecule has 0 aliphatic rings. The highest BCUT2D eigenvalue weighted by Crippen LogP contribution is 2.24. The summed E-state index contributed by atoms with van der Waals surface area (Å²) in [5.74, 6) is 0.746. The van der Waals surface area contributed by atoms with E-state index in [1.807, 2.05) is 24.3 Å². The molecule has 0 saturated carbocycles. The molecule has 0 unspecified atom stereocenters. The number of nitrogen functional groups attached to an aromatic ring is 1. The average Bonchev–Trinajstić information content (AvgIpc) is 2.34. The average molecular weight is 276 g/mol. The molecular weight excluding hydrogens is 248 g/mol. The van der Waals surface area contributed by atoms with Gasteiger partial charge in [0.1, 0.15) is 0 Å². The number of carbonyl (C=O) groups is 1. The lowest BCUT2D eigenvalue weighted by molar-refractivity contribution is -0.121. The Morgan fingerprint density at radius 2 is 1.95 bits per heavy atom. The van der Waals surface area contributed by atoms with Crippen molar-refractivity contribution in [1.82, 2.24) is 5.32 Å². The maximum atomic E-state index is 11.9. The molecule has 0 aromatic heterocycles. The van der Waals surface area contributed by atoms with Gasteiger partial charge in [0.05, 0.1) is 0 Å². The fourth-order valence-electron chi connectivity index (χ4n) is 2.61. The zero-order valence-electron chi connectivity index (χ0n) is 13.2. The summed E-state index contributed by atoms with van der Waals surface area (Å²) in [4.78, 5) is 11.9. The molecule has 20 heavy (non-hydrogen) atoms. The lowest BCUT2D eigenvalue weighted by Crippen LogP contribution is -2.34. The van der Waals surface area contributed by atoms with E-state index in [1.54, 1.807) is 0 Å². The molecule has 0 aliphatic carbocycles. The van der Waals surface area contributed by atoms with E-state index >= 15 is 0 Å². The number of aryl methyl sites for hydroxylation is 1. The molecule has 0 bridgehead atoms. The lowest BCUT2D eigenvalue weighted by Gasteiger charge is -2.27. The van der Waals surface area contributed by atoms with Gasteiger partial charge in [-0.05, 0) is 35.8 Å². The Hall–Kier alpha value is -1.51. The highest BCUT2D eigenvalue weighted by atomic mass is 16.1. The number of rotatable bonds is 7. The maximum Gasteiger partial charge on any atom is 0.220 e. The van der Waals surface area contributed by atoms with Crippen LogP contribution < -0.4 is 11.1 Å². The molecule has 0 radical (unpaired) electrons. The zero-order valence-corrected chi connectivity index (χ0v) is 13.2. The van der Waals surface area contributed by atoms with Crippen molar-refractivity contribution in [2.24, 2.45) is 11.3 Å². The molecule has 0 saturated heterocycles. The van der Waals surface area contributed by atoms with Crippen LogP contribution in [0, 0.1) is 11.3 Å². The Kier molecular flexibility index (Phi) is 6.05. The van der Waals surface area contributed by atoms with E-state index in [9.17, 15) is 4.79 Å². The van der Waals surface area contributed by atoms with Gasteiger partial charge in [0.15, 0.2) is 0 Å². The van der Waals surface area contributed by atoms with Crippen molar-refractivity contribution in [2.45, 2.75) is 47.0 Å². The molecule has 1 aromatic carbocycles. The van der Waals surface area contributed by atoms with Gasteiger partial charge in [0.2, 0.25) is 5.91 Å². The number of nitrogens with two attached hydrogens (primary N) is 1. The highest BCUT2D eigenvalue weighted by Gasteiger charge is 2.20. The first-order chi connectivity index (χ1) is 9.30. The van der Waals surface area contributed by atoms with Crippen molar-refractivity contribution in [3.8, 4) is 0 Å². The Labute approximate surface area is 122 Å². The predicted octanol–water partition coefficient (Wildman–Crippen LogP) is 3.39. The molecule has 3 N–H and O–H groups in total. The van der Waals surface area contributed by atoms with Crippen LogP contribution in [0.25, 0.3) is 0 Å². The second kappa shape index (κ2) is 7.32. The molecule has 0 aliphatic heterocycles. The van der Waals surface area contributed by atoms with E-state index in [-0.39, 0.29) is 11.3 Å². The minimum atomic E-state index is 0.102. The molecule has 0 heterocycles. The number of carbonyl (C=O) groups excluding carboxylic acids is 1. The smallest absolute Gasteiger partial charge is 0.220 e. The molecule has 0 atom stereocenters. The summed E-state index contributed by atoms with van der Waals surface area (Å²) in [6.45, 7) is 9.54. The Bertz CT molecular complexity index is 438. The van der Waals surface area contributed by atoms with Crippen molar-refractivity contribution >= 4 is 11.6 Å². The van der Waals surface area contributed by atoms with Crippen LogP contribution in [0.15, 0.2) is 24.3 Å². The van der Waals surface area contributed by atoms with E-state index in [0.717, 1.165) is 24.2 Å². The topological polar surface area (TPSA) is 55.1 Å². The largest absolute Gasteiger partial charge is 0.399 e. The molecule has 0 fully saturated rings. The Morgan fingerprint density at radius 3 is 2.55 bits per heavy atom. The van der Waals surface area contributed by atoms with Gasteiger partial charge in [-0.2, -0.15) is 0 Å². The summed E-state index contributed by atoms with van der Waals surface area (Å²) < 4.78 is 0. The number of amides is 1. The first-order valence-corrected chi connectivity index (χ1v) is 7.40. The fourth-order valence-corrected chi connectivity index (χ4v) is 2.61. The first-order valence-electron chi connectivity index (χ1n) is 7.40. The van der Waals surface area contributed by atoms with Crippen LogP contribution in [0.2, 0.25) is 0 Å². The molecule has 1 aromatic rings. The predicted molar refractivity (Wildman–Crippen MR) is 85.4 cm³/mol. The second-order valence-corrected chi connectivity index (χ2v) is 6.74.